The highest BCUT2D eigenvalue weighted by molar-refractivity contribution is 5.55. The molecule has 5 nitrogen and oxygen atoms in total. The SMILES string of the molecule is CCCNc1cc(-c2nccn2CCC)nc(CC)n1. The van der Waals surface area contributed by atoms with Gasteiger partial charge in [-0.2, -0.15) is 0 Å². The molecule has 0 spiro atoms. The molecule has 0 amide bonds. The van der Waals surface area contributed by atoms with Gasteiger partial charge in [-0.25, -0.2) is 15.0 Å². The van der Waals surface area contributed by atoms with Gasteiger partial charge in [-0.05, 0) is 12.8 Å². The molecule has 0 bridgehead atoms. The van der Waals surface area contributed by atoms with E-state index in [2.05, 4.69) is 45.6 Å². The highest BCUT2D eigenvalue weighted by Crippen LogP contribution is 2.19. The first-order chi connectivity index (χ1) is 9.78. The Balaban J connectivity index is 2.36. The second-order valence-electron chi connectivity index (χ2n) is 4.78. The van der Waals surface area contributed by atoms with E-state index < -0.39 is 0 Å². The Labute approximate surface area is 120 Å². The fourth-order valence-electron chi connectivity index (χ4n) is 2.08. The van der Waals surface area contributed by atoms with Crippen LogP contribution in [0.25, 0.3) is 11.5 Å². The van der Waals surface area contributed by atoms with Crippen molar-refractivity contribution in [3.05, 3.63) is 24.3 Å². The third kappa shape index (κ3) is 3.35. The minimum absolute atomic E-state index is 0.823. The van der Waals surface area contributed by atoms with Crippen LogP contribution in [0.1, 0.15) is 39.4 Å². The van der Waals surface area contributed by atoms with Gasteiger partial charge in [0.15, 0.2) is 5.82 Å². The lowest BCUT2D eigenvalue weighted by atomic mass is 10.3. The van der Waals surface area contributed by atoms with Crippen LogP contribution >= 0.6 is 0 Å². The van der Waals surface area contributed by atoms with Gasteiger partial charge in [-0.15, -0.1) is 0 Å². The average Bonchev–Trinajstić information content (AvgIpc) is 2.93. The summed E-state index contributed by atoms with van der Waals surface area (Å²) in [6, 6.07) is 1.99. The molecule has 5 heteroatoms. The van der Waals surface area contributed by atoms with Crippen molar-refractivity contribution in [3.8, 4) is 11.5 Å². The Kier molecular flexibility index (Phi) is 5.09. The molecule has 0 aliphatic rings. The van der Waals surface area contributed by atoms with Gasteiger partial charge in [0.1, 0.15) is 17.3 Å². The first-order valence-corrected chi connectivity index (χ1v) is 7.41. The van der Waals surface area contributed by atoms with Crippen molar-refractivity contribution < 1.29 is 0 Å². The van der Waals surface area contributed by atoms with Crippen LogP contribution in [0.15, 0.2) is 18.5 Å². The normalized spacial score (nSPS) is 10.8. The molecule has 0 aromatic carbocycles. The van der Waals surface area contributed by atoms with E-state index >= 15 is 0 Å². The molecule has 2 aromatic rings. The quantitative estimate of drug-likeness (QED) is 0.842. The van der Waals surface area contributed by atoms with Crippen LogP contribution < -0.4 is 5.32 Å². The van der Waals surface area contributed by atoms with E-state index in [1.54, 1.807) is 0 Å². The molecule has 2 heterocycles. The van der Waals surface area contributed by atoms with Crippen LogP contribution in [0.2, 0.25) is 0 Å². The third-order valence-electron chi connectivity index (χ3n) is 3.05. The average molecular weight is 273 g/mol. The van der Waals surface area contributed by atoms with Crippen LogP contribution in [-0.2, 0) is 13.0 Å². The van der Waals surface area contributed by atoms with Gasteiger partial charge in [0.05, 0.1) is 0 Å². The van der Waals surface area contributed by atoms with Crippen molar-refractivity contribution in [3.63, 3.8) is 0 Å². The second kappa shape index (κ2) is 7.03. The van der Waals surface area contributed by atoms with Gasteiger partial charge in [0, 0.05) is 38.0 Å². The van der Waals surface area contributed by atoms with Crippen LogP contribution in [0, 0.1) is 0 Å². The first-order valence-electron chi connectivity index (χ1n) is 7.41. The lowest BCUT2D eigenvalue weighted by Gasteiger charge is -2.10. The number of aromatic nitrogens is 4. The third-order valence-corrected chi connectivity index (χ3v) is 3.05. The second-order valence-corrected chi connectivity index (χ2v) is 4.78. The van der Waals surface area contributed by atoms with Crippen molar-refractivity contribution in [1.29, 1.82) is 0 Å². The molecule has 0 fully saturated rings. The fourth-order valence-corrected chi connectivity index (χ4v) is 2.08. The zero-order valence-electron chi connectivity index (χ0n) is 12.6. The van der Waals surface area contributed by atoms with Gasteiger partial charge < -0.3 is 9.88 Å². The number of aryl methyl sites for hydroxylation is 2. The van der Waals surface area contributed by atoms with Crippen LogP contribution in [-0.4, -0.2) is 26.1 Å². The van der Waals surface area contributed by atoms with Crippen LogP contribution in [0.5, 0.6) is 0 Å². The number of hydrogen-bond acceptors (Lipinski definition) is 4. The van der Waals surface area contributed by atoms with E-state index in [0.29, 0.717) is 0 Å². The van der Waals surface area contributed by atoms with Crippen molar-refractivity contribution >= 4 is 5.82 Å². The van der Waals surface area contributed by atoms with E-state index in [9.17, 15) is 0 Å². The van der Waals surface area contributed by atoms with Crippen molar-refractivity contribution in [2.75, 3.05) is 11.9 Å². The molecule has 0 saturated heterocycles. The summed E-state index contributed by atoms with van der Waals surface area (Å²) in [7, 11) is 0. The van der Waals surface area contributed by atoms with Crippen molar-refractivity contribution in [1.82, 2.24) is 19.5 Å². The van der Waals surface area contributed by atoms with Gasteiger partial charge in [0.25, 0.3) is 0 Å². The lowest BCUT2D eigenvalue weighted by Crippen LogP contribution is -2.07. The summed E-state index contributed by atoms with van der Waals surface area (Å²) in [5.41, 5.74) is 0.897. The summed E-state index contributed by atoms with van der Waals surface area (Å²) in [5.74, 6) is 2.66. The smallest absolute Gasteiger partial charge is 0.158 e. The van der Waals surface area contributed by atoms with E-state index in [1.165, 1.54) is 0 Å². The molecule has 0 radical (unpaired) electrons. The predicted molar refractivity (Wildman–Crippen MR) is 81.7 cm³/mol. The Morgan fingerprint density at radius 1 is 1.15 bits per heavy atom. The molecule has 1 N–H and O–H groups in total. The number of hydrogen-bond donors (Lipinski definition) is 1. The summed E-state index contributed by atoms with van der Waals surface area (Å²) >= 11 is 0. The number of imidazole rings is 1. The largest absolute Gasteiger partial charge is 0.370 e. The number of nitrogens with one attached hydrogen (secondary N) is 1. The topological polar surface area (TPSA) is 55.6 Å². The summed E-state index contributed by atoms with van der Waals surface area (Å²) in [4.78, 5) is 13.6. The van der Waals surface area contributed by atoms with E-state index in [4.69, 9.17) is 0 Å². The van der Waals surface area contributed by atoms with E-state index in [1.807, 2.05) is 18.5 Å². The molecule has 20 heavy (non-hydrogen) atoms. The first kappa shape index (κ1) is 14.5. The Morgan fingerprint density at radius 3 is 2.70 bits per heavy atom. The molecule has 2 rings (SSSR count). The maximum atomic E-state index is 4.61. The zero-order valence-corrected chi connectivity index (χ0v) is 12.6. The van der Waals surface area contributed by atoms with Crippen LogP contribution in [0.4, 0.5) is 5.82 Å². The Hall–Kier alpha value is -1.91. The van der Waals surface area contributed by atoms with Gasteiger partial charge in [-0.3, -0.25) is 0 Å². The summed E-state index contributed by atoms with van der Waals surface area (Å²) < 4.78 is 2.14. The molecule has 0 unspecified atom stereocenters. The predicted octanol–water partition coefficient (Wildman–Crippen LogP) is 3.13. The van der Waals surface area contributed by atoms with Crippen LogP contribution in [0.3, 0.4) is 0 Å². The molecule has 0 aliphatic heterocycles. The minimum Gasteiger partial charge on any atom is -0.370 e. The van der Waals surface area contributed by atoms with Gasteiger partial charge in [-0.1, -0.05) is 20.8 Å². The summed E-state index contributed by atoms with van der Waals surface area (Å²) in [5, 5.41) is 3.33. The molecule has 108 valence electrons. The van der Waals surface area contributed by atoms with Crippen molar-refractivity contribution in [2.24, 2.45) is 0 Å². The fraction of sp³-hybridized carbons (Fsp3) is 0.533. The summed E-state index contributed by atoms with van der Waals surface area (Å²) in [6.07, 6.45) is 6.81. The number of anilines is 1. The zero-order chi connectivity index (χ0) is 14.4. The maximum absolute atomic E-state index is 4.61. The summed E-state index contributed by atoms with van der Waals surface area (Å²) in [6.45, 7) is 8.25. The highest BCUT2D eigenvalue weighted by atomic mass is 15.1. The molecule has 0 atom stereocenters. The molecule has 0 saturated carbocycles. The van der Waals surface area contributed by atoms with E-state index in [0.717, 1.165) is 55.5 Å². The number of nitrogens with zero attached hydrogens (tertiary/aromatic N) is 4. The van der Waals surface area contributed by atoms with E-state index in [-0.39, 0.29) is 0 Å². The van der Waals surface area contributed by atoms with Crippen molar-refractivity contribution in [2.45, 2.75) is 46.6 Å². The molecular formula is C15H23N5. The molecule has 0 aliphatic carbocycles. The standard InChI is InChI=1S/C15H23N5/c1-4-7-16-14-11-12(18-13(6-3)19-14)15-17-8-10-20(15)9-5-2/h8,10-11H,4-7,9H2,1-3H3,(H,16,18,19). The molecule has 2 aromatic heterocycles. The Bertz CT molecular complexity index is 547. The Morgan fingerprint density at radius 2 is 2.00 bits per heavy atom. The highest BCUT2D eigenvalue weighted by Gasteiger charge is 2.10. The molecular weight excluding hydrogens is 250 g/mol. The number of rotatable bonds is 7. The minimum atomic E-state index is 0.823. The monoisotopic (exact) mass is 273 g/mol. The lowest BCUT2D eigenvalue weighted by molar-refractivity contribution is 0.683. The maximum Gasteiger partial charge on any atom is 0.158 e. The van der Waals surface area contributed by atoms with Gasteiger partial charge in [0.2, 0.25) is 0 Å². The van der Waals surface area contributed by atoms with Gasteiger partial charge >= 0.3 is 0 Å².